The molecule has 1 heterocycles. The van der Waals surface area contributed by atoms with Crippen molar-refractivity contribution in [1.82, 2.24) is 9.55 Å². The average Bonchev–Trinajstić information content (AvgIpc) is 2.64. The van der Waals surface area contributed by atoms with Crippen LogP contribution in [0.25, 0.3) is 11.0 Å². The minimum atomic E-state index is -0.328. The van der Waals surface area contributed by atoms with E-state index < -0.39 is 0 Å². The zero-order valence-corrected chi connectivity index (χ0v) is 9.65. The molecule has 4 nitrogen and oxygen atoms in total. The molecule has 0 aliphatic rings. The first-order valence-corrected chi connectivity index (χ1v) is 5.21. The molecule has 0 saturated heterocycles. The van der Waals surface area contributed by atoms with Crippen molar-refractivity contribution in [1.29, 1.82) is 0 Å². The van der Waals surface area contributed by atoms with Crippen LogP contribution in [0.3, 0.4) is 0 Å². The number of carbonyl (C=O) groups excluding carboxylic acids is 1. The lowest BCUT2D eigenvalue weighted by molar-refractivity contribution is 0.0601. The number of carbonyl (C=O) groups is 1. The van der Waals surface area contributed by atoms with Gasteiger partial charge in [0.25, 0.3) is 0 Å². The summed E-state index contributed by atoms with van der Waals surface area (Å²) in [5, 5.41) is 0. The van der Waals surface area contributed by atoms with Gasteiger partial charge in [0, 0.05) is 13.5 Å². The number of aryl methyl sites for hydroxylation is 2. The number of methoxy groups -OCH3 is 1. The largest absolute Gasteiger partial charge is 0.465 e. The number of aromatic nitrogens is 2. The predicted molar refractivity (Wildman–Crippen MR) is 61.4 cm³/mol. The summed E-state index contributed by atoms with van der Waals surface area (Å²) in [7, 11) is 3.36. The van der Waals surface area contributed by atoms with E-state index in [9.17, 15) is 4.79 Å². The van der Waals surface area contributed by atoms with E-state index >= 15 is 0 Å². The number of hydrogen-bond donors (Lipinski definition) is 0. The minimum Gasteiger partial charge on any atom is -0.465 e. The topological polar surface area (TPSA) is 44.1 Å². The first kappa shape index (κ1) is 10.7. The molecule has 0 bridgehead atoms. The van der Waals surface area contributed by atoms with Crippen LogP contribution in [0.2, 0.25) is 0 Å². The van der Waals surface area contributed by atoms with Crippen molar-refractivity contribution in [2.75, 3.05) is 7.11 Å². The number of ether oxygens (including phenoxy) is 1. The first-order chi connectivity index (χ1) is 7.67. The molecule has 2 rings (SSSR count). The van der Waals surface area contributed by atoms with E-state index in [4.69, 9.17) is 0 Å². The van der Waals surface area contributed by atoms with Gasteiger partial charge in [0.1, 0.15) is 5.82 Å². The number of esters is 1. The van der Waals surface area contributed by atoms with Gasteiger partial charge in [-0.1, -0.05) is 6.92 Å². The first-order valence-electron chi connectivity index (χ1n) is 5.21. The summed E-state index contributed by atoms with van der Waals surface area (Å²) in [5.41, 5.74) is 2.41. The number of nitrogens with zero attached hydrogens (tertiary/aromatic N) is 2. The van der Waals surface area contributed by atoms with Gasteiger partial charge < -0.3 is 9.30 Å². The lowest BCUT2D eigenvalue weighted by atomic mass is 10.2. The second kappa shape index (κ2) is 3.96. The number of imidazole rings is 1. The Morgan fingerprint density at radius 2 is 2.25 bits per heavy atom. The molecule has 0 aliphatic heterocycles. The van der Waals surface area contributed by atoms with E-state index in [-0.39, 0.29) is 5.97 Å². The van der Waals surface area contributed by atoms with Gasteiger partial charge in [-0.05, 0) is 18.2 Å². The molecule has 0 radical (unpaired) electrons. The van der Waals surface area contributed by atoms with Crippen LogP contribution in [0.15, 0.2) is 18.2 Å². The standard InChI is InChI=1S/C12H14N2O2/c1-4-11-13-9-7-8(12(15)16-3)5-6-10(9)14(11)2/h5-7H,4H2,1-3H3. The fraction of sp³-hybridized carbons (Fsp3) is 0.333. The van der Waals surface area contributed by atoms with Crippen LogP contribution in [-0.2, 0) is 18.2 Å². The van der Waals surface area contributed by atoms with Crippen molar-refractivity contribution in [2.45, 2.75) is 13.3 Å². The quantitative estimate of drug-likeness (QED) is 0.723. The van der Waals surface area contributed by atoms with E-state index in [1.54, 1.807) is 12.1 Å². The third-order valence-electron chi connectivity index (χ3n) is 2.71. The number of benzene rings is 1. The molecule has 84 valence electrons. The van der Waals surface area contributed by atoms with Gasteiger partial charge in [0.15, 0.2) is 0 Å². The van der Waals surface area contributed by atoms with Crippen LogP contribution in [-0.4, -0.2) is 22.6 Å². The van der Waals surface area contributed by atoms with E-state index in [1.807, 2.05) is 17.7 Å². The van der Waals surface area contributed by atoms with Crippen molar-refractivity contribution in [3.63, 3.8) is 0 Å². The molecule has 0 atom stereocenters. The van der Waals surface area contributed by atoms with Crippen LogP contribution >= 0.6 is 0 Å². The van der Waals surface area contributed by atoms with Crippen LogP contribution in [0.5, 0.6) is 0 Å². The van der Waals surface area contributed by atoms with E-state index in [1.165, 1.54) is 7.11 Å². The summed E-state index contributed by atoms with van der Waals surface area (Å²) in [6, 6.07) is 5.42. The summed E-state index contributed by atoms with van der Waals surface area (Å²) in [4.78, 5) is 15.8. The normalized spacial score (nSPS) is 10.7. The monoisotopic (exact) mass is 218 g/mol. The third kappa shape index (κ3) is 1.56. The van der Waals surface area contributed by atoms with Crippen molar-refractivity contribution < 1.29 is 9.53 Å². The Morgan fingerprint density at radius 3 is 2.88 bits per heavy atom. The highest BCUT2D eigenvalue weighted by Crippen LogP contribution is 2.17. The van der Waals surface area contributed by atoms with Crippen LogP contribution in [0.4, 0.5) is 0 Å². The third-order valence-corrected chi connectivity index (χ3v) is 2.71. The van der Waals surface area contributed by atoms with Crippen molar-refractivity contribution in [3.8, 4) is 0 Å². The Bertz CT molecular complexity index is 543. The lowest BCUT2D eigenvalue weighted by Crippen LogP contribution is -2.00. The predicted octanol–water partition coefficient (Wildman–Crippen LogP) is 1.92. The van der Waals surface area contributed by atoms with E-state index in [0.29, 0.717) is 5.56 Å². The second-order valence-electron chi connectivity index (χ2n) is 3.64. The number of fused-ring (bicyclic) bond motifs is 1. The fourth-order valence-electron chi connectivity index (χ4n) is 1.81. The van der Waals surface area contributed by atoms with E-state index in [2.05, 4.69) is 16.6 Å². The van der Waals surface area contributed by atoms with Crippen molar-refractivity contribution in [3.05, 3.63) is 29.6 Å². The number of rotatable bonds is 2. The van der Waals surface area contributed by atoms with Crippen LogP contribution < -0.4 is 0 Å². The lowest BCUT2D eigenvalue weighted by Gasteiger charge is -2.00. The van der Waals surface area contributed by atoms with Crippen LogP contribution in [0, 0.1) is 0 Å². The summed E-state index contributed by atoms with van der Waals surface area (Å²) < 4.78 is 6.71. The molecule has 0 aliphatic carbocycles. The van der Waals surface area contributed by atoms with E-state index in [0.717, 1.165) is 23.3 Å². The molecule has 16 heavy (non-hydrogen) atoms. The molecule has 4 heteroatoms. The van der Waals surface area contributed by atoms with Gasteiger partial charge in [0.05, 0.1) is 23.7 Å². The van der Waals surface area contributed by atoms with Gasteiger partial charge >= 0.3 is 5.97 Å². The Balaban J connectivity index is 2.59. The summed E-state index contributed by atoms with van der Waals surface area (Å²) in [6.45, 7) is 2.06. The van der Waals surface area contributed by atoms with Crippen molar-refractivity contribution in [2.24, 2.45) is 7.05 Å². The highest BCUT2D eigenvalue weighted by atomic mass is 16.5. The summed E-state index contributed by atoms with van der Waals surface area (Å²) in [6.07, 6.45) is 0.874. The van der Waals surface area contributed by atoms with Gasteiger partial charge in [-0.2, -0.15) is 0 Å². The molecule has 0 fully saturated rings. The maximum absolute atomic E-state index is 11.4. The molecule has 0 amide bonds. The Kier molecular flexibility index (Phi) is 2.64. The molecule has 0 saturated carbocycles. The molecule has 0 spiro atoms. The van der Waals surface area contributed by atoms with Crippen molar-refractivity contribution >= 4 is 17.0 Å². The van der Waals surface area contributed by atoms with Gasteiger partial charge in [-0.25, -0.2) is 9.78 Å². The Hall–Kier alpha value is -1.84. The van der Waals surface area contributed by atoms with Gasteiger partial charge in [-0.15, -0.1) is 0 Å². The SMILES string of the molecule is CCc1nc2cc(C(=O)OC)ccc2n1C. The molecule has 1 aromatic carbocycles. The van der Waals surface area contributed by atoms with Gasteiger partial charge in [-0.3, -0.25) is 0 Å². The molecule has 2 aromatic rings. The number of hydrogen-bond acceptors (Lipinski definition) is 3. The fourth-order valence-corrected chi connectivity index (χ4v) is 1.81. The highest BCUT2D eigenvalue weighted by Gasteiger charge is 2.10. The minimum absolute atomic E-state index is 0.328. The molecular weight excluding hydrogens is 204 g/mol. The highest BCUT2D eigenvalue weighted by molar-refractivity contribution is 5.93. The zero-order valence-electron chi connectivity index (χ0n) is 9.65. The van der Waals surface area contributed by atoms with Gasteiger partial charge in [0.2, 0.25) is 0 Å². The molecule has 0 N–H and O–H groups in total. The smallest absolute Gasteiger partial charge is 0.337 e. The summed E-state index contributed by atoms with van der Waals surface area (Å²) >= 11 is 0. The molecular formula is C12H14N2O2. The average molecular weight is 218 g/mol. The zero-order chi connectivity index (χ0) is 11.7. The van der Waals surface area contributed by atoms with Crippen LogP contribution in [0.1, 0.15) is 23.1 Å². The Labute approximate surface area is 93.9 Å². The maximum atomic E-state index is 11.4. The second-order valence-corrected chi connectivity index (χ2v) is 3.64. The maximum Gasteiger partial charge on any atom is 0.337 e. The molecule has 0 unspecified atom stereocenters. The Morgan fingerprint density at radius 1 is 1.50 bits per heavy atom. The molecule has 1 aromatic heterocycles. The summed E-state index contributed by atoms with van der Waals surface area (Å²) in [5.74, 6) is 0.683.